The number of rotatable bonds is 6. The molecule has 1 atom stereocenters. The molecule has 0 radical (unpaired) electrons. The van der Waals surface area contributed by atoms with E-state index in [9.17, 15) is 4.79 Å². The SMILES string of the molecule is O=c1ccc(C2CC2)nn1CC1CCCN1CCn1nccn1. The molecule has 0 spiro atoms. The molecule has 0 bridgehead atoms. The molecule has 7 nitrogen and oxygen atoms in total. The number of aromatic nitrogens is 5. The zero-order valence-corrected chi connectivity index (χ0v) is 13.2. The van der Waals surface area contributed by atoms with Gasteiger partial charge in [-0.25, -0.2) is 4.68 Å². The molecule has 3 heterocycles. The Hall–Kier alpha value is -2.02. The van der Waals surface area contributed by atoms with Crippen molar-refractivity contribution >= 4 is 0 Å². The lowest BCUT2D eigenvalue weighted by Crippen LogP contribution is -2.38. The quantitative estimate of drug-likeness (QED) is 0.791. The number of likely N-dealkylation sites (tertiary alicyclic amines) is 1. The van der Waals surface area contributed by atoms with E-state index in [1.807, 2.05) is 6.07 Å². The predicted molar refractivity (Wildman–Crippen MR) is 85.1 cm³/mol. The average molecular weight is 314 g/mol. The van der Waals surface area contributed by atoms with Gasteiger partial charge in [-0.2, -0.15) is 20.1 Å². The van der Waals surface area contributed by atoms with Gasteiger partial charge in [0, 0.05) is 24.6 Å². The van der Waals surface area contributed by atoms with E-state index in [-0.39, 0.29) is 5.56 Å². The molecular weight excluding hydrogens is 292 g/mol. The first kappa shape index (κ1) is 14.6. The van der Waals surface area contributed by atoms with Crippen LogP contribution in [0.3, 0.4) is 0 Å². The Kier molecular flexibility index (Phi) is 3.95. The largest absolute Gasteiger partial charge is 0.297 e. The first-order valence-electron chi connectivity index (χ1n) is 8.46. The topological polar surface area (TPSA) is 68.8 Å². The summed E-state index contributed by atoms with van der Waals surface area (Å²) < 4.78 is 1.67. The molecule has 1 aliphatic carbocycles. The third-order valence-electron chi connectivity index (χ3n) is 4.82. The fourth-order valence-corrected chi connectivity index (χ4v) is 3.36. The highest BCUT2D eigenvalue weighted by Crippen LogP contribution is 2.38. The summed E-state index contributed by atoms with van der Waals surface area (Å²) >= 11 is 0. The van der Waals surface area contributed by atoms with Gasteiger partial charge >= 0.3 is 0 Å². The Morgan fingerprint density at radius 1 is 1.09 bits per heavy atom. The maximum absolute atomic E-state index is 12.1. The van der Waals surface area contributed by atoms with Crippen LogP contribution in [0.25, 0.3) is 0 Å². The molecule has 2 aromatic heterocycles. The van der Waals surface area contributed by atoms with Gasteiger partial charge in [0.15, 0.2) is 0 Å². The molecule has 1 saturated heterocycles. The third-order valence-corrected chi connectivity index (χ3v) is 4.82. The minimum absolute atomic E-state index is 0.00925. The lowest BCUT2D eigenvalue weighted by molar-refractivity contribution is 0.210. The zero-order valence-electron chi connectivity index (χ0n) is 13.2. The van der Waals surface area contributed by atoms with E-state index in [0.717, 1.165) is 31.7 Å². The minimum Gasteiger partial charge on any atom is -0.297 e. The molecule has 1 saturated carbocycles. The molecule has 2 aliphatic rings. The van der Waals surface area contributed by atoms with Crippen molar-refractivity contribution in [3.63, 3.8) is 0 Å². The van der Waals surface area contributed by atoms with Crippen molar-refractivity contribution in [2.45, 2.75) is 50.7 Å². The lowest BCUT2D eigenvalue weighted by atomic mass is 10.2. The van der Waals surface area contributed by atoms with Crippen molar-refractivity contribution in [2.75, 3.05) is 13.1 Å². The molecule has 7 heteroatoms. The van der Waals surface area contributed by atoms with Gasteiger partial charge in [0.1, 0.15) is 0 Å². The number of hydrogen-bond donors (Lipinski definition) is 0. The Labute approximate surface area is 134 Å². The summed E-state index contributed by atoms with van der Waals surface area (Å²) in [4.78, 5) is 16.3. The second-order valence-corrected chi connectivity index (χ2v) is 6.51. The summed E-state index contributed by atoms with van der Waals surface area (Å²) in [6, 6.07) is 3.95. The van der Waals surface area contributed by atoms with Gasteiger partial charge in [0.05, 0.1) is 31.2 Å². The molecular formula is C16H22N6O. The minimum atomic E-state index is 0.00925. The highest BCUT2D eigenvalue weighted by Gasteiger charge is 2.28. The van der Waals surface area contributed by atoms with Crippen molar-refractivity contribution in [3.8, 4) is 0 Å². The van der Waals surface area contributed by atoms with Gasteiger partial charge in [-0.05, 0) is 38.3 Å². The molecule has 0 N–H and O–H groups in total. The van der Waals surface area contributed by atoms with Crippen molar-refractivity contribution in [2.24, 2.45) is 0 Å². The standard InChI is InChI=1S/C16H22N6O/c23-16-6-5-15(13-3-4-13)19-21(16)12-14-2-1-9-20(14)10-11-22-17-7-8-18-22/h5-8,13-14H,1-4,9-12H2. The van der Waals surface area contributed by atoms with Crippen molar-refractivity contribution < 1.29 is 0 Å². The molecule has 1 aliphatic heterocycles. The van der Waals surface area contributed by atoms with Crippen LogP contribution in [0.5, 0.6) is 0 Å². The summed E-state index contributed by atoms with van der Waals surface area (Å²) in [6.45, 7) is 3.46. The zero-order chi connectivity index (χ0) is 15.6. The third kappa shape index (κ3) is 3.34. The Morgan fingerprint density at radius 3 is 2.70 bits per heavy atom. The van der Waals surface area contributed by atoms with E-state index in [4.69, 9.17) is 0 Å². The van der Waals surface area contributed by atoms with Crippen LogP contribution < -0.4 is 5.56 Å². The maximum Gasteiger partial charge on any atom is 0.266 e. The van der Waals surface area contributed by atoms with Crippen LogP contribution in [0.2, 0.25) is 0 Å². The van der Waals surface area contributed by atoms with Crippen LogP contribution in [0.1, 0.15) is 37.3 Å². The first-order valence-corrected chi connectivity index (χ1v) is 8.46. The summed E-state index contributed by atoms with van der Waals surface area (Å²) in [6.07, 6.45) is 8.11. The van der Waals surface area contributed by atoms with Gasteiger partial charge < -0.3 is 0 Å². The fraction of sp³-hybridized carbons (Fsp3) is 0.625. The van der Waals surface area contributed by atoms with Gasteiger partial charge in [-0.1, -0.05) is 0 Å². The van der Waals surface area contributed by atoms with E-state index in [0.29, 0.717) is 18.5 Å². The van der Waals surface area contributed by atoms with Crippen molar-refractivity contribution in [1.82, 2.24) is 29.7 Å². The van der Waals surface area contributed by atoms with Crippen LogP contribution in [0, 0.1) is 0 Å². The Balaban J connectivity index is 1.42. The van der Waals surface area contributed by atoms with E-state index in [1.165, 1.54) is 19.3 Å². The smallest absolute Gasteiger partial charge is 0.266 e. The van der Waals surface area contributed by atoms with E-state index >= 15 is 0 Å². The summed E-state index contributed by atoms with van der Waals surface area (Å²) in [5, 5.41) is 12.9. The van der Waals surface area contributed by atoms with Gasteiger partial charge in [0.25, 0.3) is 5.56 Å². The molecule has 122 valence electrons. The number of nitrogens with zero attached hydrogens (tertiary/aromatic N) is 6. The van der Waals surface area contributed by atoms with Crippen LogP contribution in [-0.4, -0.2) is 48.8 Å². The molecule has 23 heavy (non-hydrogen) atoms. The van der Waals surface area contributed by atoms with Gasteiger partial charge in [0.2, 0.25) is 0 Å². The van der Waals surface area contributed by atoms with Crippen LogP contribution >= 0.6 is 0 Å². The monoisotopic (exact) mass is 314 g/mol. The maximum atomic E-state index is 12.1. The number of hydrogen-bond acceptors (Lipinski definition) is 5. The second-order valence-electron chi connectivity index (χ2n) is 6.51. The van der Waals surface area contributed by atoms with Gasteiger partial charge in [-0.3, -0.25) is 9.69 Å². The highest BCUT2D eigenvalue weighted by atomic mass is 16.1. The highest BCUT2D eigenvalue weighted by molar-refractivity contribution is 5.12. The Bertz CT molecular complexity index is 706. The normalized spacial score (nSPS) is 21.8. The molecule has 0 aromatic carbocycles. The van der Waals surface area contributed by atoms with E-state index in [2.05, 4.69) is 20.2 Å². The molecule has 2 aromatic rings. The van der Waals surface area contributed by atoms with E-state index in [1.54, 1.807) is 27.9 Å². The Morgan fingerprint density at radius 2 is 1.91 bits per heavy atom. The second kappa shape index (κ2) is 6.23. The summed E-state index contributed by atoms with van der Waals surface area (Å²) in [7, 11) is 0. The van der Waals surface area contributed by atoms with E-state index < -0.39 is 0 Å². The van der Waals surface area contributed by atoms with Crippen LogP contribution in [0.4, 0.5) is 0 Å². The summed E-state index contributed by atoms with van der Waals surface area (Å²) in [5.74, 6) is 0.576. The molecule has 2 fully saturated rings. The average Bonchev–Trinajstić information content (AvgIpc) is 3.09. The summed E-state index contributed by atoms with van der Waals surface area (Å²) in [5.41, 5.74) is 1.09. The molecule has 0 amide bonds. The lowest BCUT2D eigenvalue weighted by Gasteiger charge is -2.24. The van der Waals surface area contributed by atoms with Crippen molar-refractivity contribution in [3.05, 3.63) is 40.6 Å². The molecule has 4 rings (SSSR count). The van der Waals surface area contributed by atoms with Gasteiger partial charge in [-0.15, -0.1) is 0 Å². The van der Waals surface area contributed by atoms with Crippen LogP contribution in [-0.2, 0) is 13.1 Å². The first-order chi connectivity index (χ1) is 11.3. The fourth-order valence-electron chi connectivity index (χ4n) is 3.36. The van der Waals surface area contributed by atoms with Crippen LogP contribution in [0.15, 0.2) is 29.3 Å². The predicted octanol–water partition coefficient (Wildman–Crippen LogP) is 0.877. The molecule has 1 unspecified atom stereocenters. The van der Waals surface area contributed by atoms with Crippen molar-refractivity contribution in [1.29, 1.82) is 0 Å².